The molecule has 0 fully saturated rings. The van der Waals surface area contributed by atoms with Crippen molar-refractivity contribution < 1.29 is 4.42 Å². The second-order valence-corrected chi connectivity index (χ2v) is 23.8. The molecule has 0 bridgehead atoms. The molecule has 76 heavy (non-hydrogen) atoms. The van der Waals surface area contributed by atoms with Crippen LogP contribution in [0, 0.1) is 0 Å². The van der Waals surface area contributed by atoms with Crippen LogP contribution in [0.2, 0.25) is 0 Å². The van der Waals surface area contributed by atoms with E-state index in [1.165, 1.54) is 33.4 Å². The molecule has 0 spiro atoms. The van der Waals surface area contributed by atoms with Crippen molar-refractivity contribution >= 4 is 68.6 Å². The summed E-state index contributed by atoms with van der Waals surface area (Å²) >= 11 is 0. The van der Waals surface area contributed by atoms with E-state index in [9.17, 15) is 0 Å². The van der Waals surface area contributed by atoms with Crippen molar-refractivity contribution in [3.8, 4) is 55.6 Å². The van der Waals surface area contributed by atoms with Crippen LogP contribution in [0.1, 0.15) is 79.0 Å². The Morgan fingerprint density at radius 1 is 0.382 bits per heavy atom. The zero-order chi connectivity index (χ0) is 52.5. The molecule has 3 nitrogen and oxygen atoms in total. The van der Waals surface area contributed by atoms with Gasteiger partial charge >= 0.3 is 0 Å². The quantitative estimate of drug-likeness (QED) is 0.154. The topological polar surface area (TPSA) is 28.4 Å². The van der Waals surface area contributed by atoms with Gasteiger partial charge in [0.25, 0.3) is 0 Å². The van der Waals surface area contributed by atoms with Crippen LogP contribution < -0.4 is 21.1 Å². The molecule has 0 amide bonds. The highest BCUT2D eigenvalue weighted by molar-refractivity contribution is 6.74. The van der Waals surface area contributed by atoms with Crippen LogP contribution in [0.5, 0.6) is 0 Å². The van der Waals surface area contributed by atoms with Gasteiger partial charge in [-0.25, -0.2) is 0 Å². The summed E-state index contributed by atoms with van der Waals surface area (Å²) in [5.41, 5.74) is 24.4. The predicted octanol–water partition coefficient (Wildman–Crippen LogP) is 19.0. The van der Waals surface area contributed by atoms with E-state index in [0.717, 1.165) is 100 Å². The minimum atomic E-state index is -0.0771. The molecule has 10 aromatic carbocycles. The first-order chi connectivity index (χ1) is 36.5. The third kappa shape index (κ3) is 9.10. The number of hydrogen-bond acceptors (Lipinski definition) is 3. The molecule has 0 unspecified atom stereocenters. The van der Waals surface area contributed by atoms with Gasteiger partial charge in [0.05, 0.1) is 5.69 Å². The van der Waals surface area contributed by atoms with Crippen LogP contribution >= 0.6 is 0 Å². The molecule has 1 radical (unpaired) electrons. The van der Waals surface area contributed by atoms with Gasteiger partial charge in [0.15, 0.2) is 12.9 Å². The molecule has 1 aliphatic heterocycles. The van der Waals surface area contributed by atoms with Gasteiger partial charge in [-0.2, -0.15) is 0 Å². The summed E-state index contributed by atoms with van der Waals surface area (Å²) in [6.07, 6.45) is 0. The maximum Gasteiger partial charge on any atom is 0.198 e. The van der Waals surface area contributed by atoms with E-state index >= 15 is 0 Å². The lowest BCUT2D eigenvalue weighted by molar-refractivity contribution is 0.590. The molecular weight excluding hydrogens is 920 g/mol. The van der Waals surface area contributed by atoms with Crippen LogP contribution in [0.4, 0.5) is 28.4 Å². The van der Waals surface area contributed by atoms with Gasteiger partial charge in [-0.3, -0.25) is 0 Å². The van der Waals surface area contributed by atoms with Crippen LogP contribution in [-0.2, 0) is 16.2 Å². The van der Waals surface area contributed by atoms with Crippen LogP contribution in [0.3, 0.4) is 0 Å². The van der Waals surface area contributed by atoms with Crippen molar-refractivity contribution in [1.29, 1.82) is 0 Å². The van der Waals surface area contributed by atoms with E-state index in [0.29, 0.717) is 0 Å². The fraction of sp³-hybridized carbons (Fsp3) is 0.167. The van der Waals surface area contributed by atoms with Gasteiger partial charge in [-0.1, -0.05) is 226 Å². The standard InChI is InChI=1S/C72H64BN2O/c1-70(2,3)53-32-28-48(29-33-53)51-31-37-64(74-63-38-34-54(71(4,5)6)43-57(63)49-24-17-12-18-25-49)58(41-51)60-45-61-59-44-55(72(7,8)9)35-39-66(59)76-69(61)68-67(60)73-62-36-30-52(47-22-15-11-16-23-47)42-65(62)75(68)56-27-19-26-50(40-56)46-20-13-10-14-21-46/h10-45,74H,1-9H3. The Morgan fingerprint density at radius 3 is 1.55 bits per heavy atom. The summed E-state index contributed by atoms with van der Waals surface area (Å²) in [7, 11) is 2.40. The second kappa shape index (κ2) is 18.8. The van der Waals surface area contributed by atoms with Gasteiger partial charge in [0, 0.05) is 44.6 Å². The minimum absolute atomic E-state index is 0.0334. The molecule has 371 valence electrons. The van der Waals surface area contributed by atoms with Crippen molar-refractivity contribution in [1.82, 2.24) is 0 Å². The zero-order valence-electron chi connectivity index (χ0n) is 45.2. The largest absolute Gasteiger partial charge is 0.454 e. The number of anilines is 5. The summed E-state index contributed by atoms with van der Waals surface area (Å²) in [6, 6.07) is 80.4. The molecule has 2 heterocycles. The fourth-order valence-corrected chi connectivity index (χ4v) is 11.0. The normalized spacial score (nSPS) is 12.6. The summed E-state index contributed by atoms with van der Waals surface area (Å²) in [5.74, 6) is 0. The lowest BCUT2D eigenvalue weighted by Gasteiger charge is -2.35. The zero-order valence-corrected chi connectivity index (χ0v) is 45.2. The molecule has 0 saturated heterocycles. The summed E-state index contributed by atoms with van der Waals surface area (Å²) in [5, 5.41) is 6.27. The Morgan fingerprint density at radius 2 is 0.895 bits per heavy atom. The molecule has 0 saturated carbocycles. The highest BCUT2D eigenvalue weighted by atomic mass is 16.3. The smallest absolute Gasteiger partial charge is 0.198 e. The molecule has 0 aliphatic carbocycles. The minimum Gasteiger partial charge on any atom is -0.454 e. The third-order valence-corrected chi connectivity index (χ3v) is 15.4. The van der Waals surface area contributed by atoms with E-state index in [2.05, 4.69) is 298 Å². The highest BCUT2D eigenvalue weighted by Gasteiger charge is 2.33. The lowest BCUT2D eigenvalue weighted by atomic mass is 9.57. The van der Waals surface area contributed by atoms with Crippen molar-refractivity contribution in [3.05, 3.63) is 235 Å². The molecule has 1 N–H and O–H groups in total. The number of fused-ring (bicyclic) bond motifs is 6. The number of furan rings is 1. The van der Waals surface area contributed by atoms with Crippen LogP contribution in [0.15, 0.2) is 223 Å². The first-order valence-corrected chi connectivity index (χ1v) is 26.8. The number of hydrogen-bond donors (Lipinski definition) is 1. The van der Waals surface area contributed by atoms with Crippen molar-refractivity contribution in [2.75, 3.05) is 10.2 Å². The predicted molar refractivity (Wildman–Crippen MR) is 326 cm³/mol. The molecule has 1 aliphatic rings. The number of nitrogens with one attached hydrogen (secondary N) is 1. The van der Waals surface area contributed by atoms with E-state index < -0.39 is 0 Å². The van der Waals surface area contributed by atoms with E-state index in [1.54, 1.807) is 0 Å². The van der Waals surface area contributed by atoms with Gasteiger partial charge in [-0.05, 0) is 144 Å². The molecular formula is C72H64BN2O. The number of rotatable bonds is 8. The first kappa shape index (κ1) is 48.6. The average Bonchev–Trinajstić information content (AvgIpc) is 3.99. The summed E-state index contributed by atoms with van der Waals surface area (Å²) in [4.78, 5) is 2.48. The van der Waals surface area contributed by atoms with Crippen LogP contribution in [-0.4, -0.2) is 7.28 Å². The van der Waals surface area contributed by atoms with Gasteiger partial charge in [0.2, 0.25) is 0 Å². The molecule has 1 aromatic heterocycles. The fourth-order valence-electron chi connectivity index (χ4n) is 11.0. The SMILES string of the molecule is CC(C)(C)c1ccc(-c2ccc(Nc3ccc(C(C)(C)C)cc3-c3ccccc3)c(-c3cc4c(oc5ccc(C(C)(C)C)cc54)c4c3[B]c3ccc(-c5ccccc5)cc3N4c3cccc(-c4ccccc4)c3)c2)cc1. The van der Waals surface area contributed by atoms with E-state index in [4.69, 9.17) is 4.42 Å². The Bertz CT molecular complexity index is 3960. The van der Waals surface area contributed by atoms with Gasteiger partial charge < -0.3 is 14.6 Å². The molecule has 12 rings (SSSR count). The number of benzene rings is 10. The number of nitrogens with zero attached hydrogens (tertiary/aromatic N) is 1. The average molecular weight is 984 g/mol. The van der Waals surface area contributed by atoms with Crippen LogP contribution in [0.25, 0.3) is 77.6 Å². The highest BCUT2D eigenvalue weighted by Crippen LogP contribution is 2.48. The monoisotopic (exact) mass is 984 g/mol. The Kier molecular flexibility index (Phi) is 12.0. The molecule has 4 heteroatoms. The van der Waals surface area contributed by atoms with E-state index in [-0.39, 0.29) is 16.2 Å². The maximum absolute atomic E-state index is 7.29. The third-order valence-electron chi connectivity index (χ3n) is 15.4. The van der Waals surface area contributed by atoms with Gasteiger partial charge in [0.1, 0.15) is 5.58 Å². The van der Waals surface area contributed by atoms with Gasteiger partial charge in [-0.15, -0.1) is 0 Å². The van der Waals surface area contributed by atoms with Crippen molar-refractivity contribution in [3.63, 3.8) is 0 Å². The Labute approximate surface area is 450 Å². The second-order valence-electron chi connectivity index (χ2n) is 23.8. The van der Waals surface area contributed by atoms with Crippen molar-refractivity contribution in [2.24, 2.45) is 0 Å². The molecule has 11 aromatic rings. The summed E-state index contributed by atoms with van der Waals surface area (Å²) < 4.78 is 7.29. The molecule has 0 atom stereocenters. The first-order valence-electron chi connectivity index (χ1n) is 26.8. The maximum atomic E-state index is 7.29. The van der Waals surface area contributed by atoms with Crippen molar-refractivity contribution in [2.45, 2.75) is 78.6 Å². The van der Waals surface area contributed by atoms with E-state index in [1.807, 2.05) is 0 Å². The Balaban J connectivity index is 1.17. The Hall–Kier alpha value is -8.34. The lowest BCUT2D eigenvalue weighted by Crippen LogP contribution is -2.41. The summed E-state index contributed by atoms with van der Waals surface area (Å²) in [6.45, 7) is 20.6.